The number of allylic oxidation sites excluding steroid dienone is 1. The predicted octanol–water partition coefficient (Wildman–Crippen LogP) is 4.60. The number of sulfone groups is 1. The van der Waals surface area contributed by atoms with Gasteiger partial charge in [0.2, 0.25) is 5.82 Å². The third-order valence-electron chi connectivity index (χ3n) is 3.58. The lowest BCUT2D eigenvalue weighted by Crippen LogP contribution is -2.10. The van der Waals surface area contributed by atoms with E-state index in [2.05, 4.69) is 16.8 Å². The molecule has 0 radical (unpaired) electrons. The van der Waals surface area contributed by atoms with Crippen LogP contribution in [0.4, 0.5) is 0 Å². The summed E-state index contributed by atoms with van der Waals surface area (Å²) in [6, 6.07) is 7.92. The Balaban J connectivity index is 1.75. The van der Waals surface area contributed by atoms with Crippen molar-refractivity contribution in [1.82, 2.24) is 14.8 Å². The molecule has 2 aromatic heterocycles. The molecule has 2 heterocycles. The zero-order chi connectivity index (χ0) is 19.4. The minimum Gasteiger partial charge on any atom is -0.461 e. The molecule has 1 aromatic carbocycles. The Labute approximate surface area is 171 Å². The molecule has 0 aliphatic rings. The second kappa shape index (κ2) is 8.52. The Morgan fingerprint density at radius 2 is 2.07 bits per heavy atom. The fraction of sp³-hybridized carbons (Fsp3) is 0.176. The molecular weight excluding hydrogens is 429 g/mol. The van der Waals surface area contributed by atoms with Crippen LogP contribution in [0.2, 0.25) is 10.0 Å². The molecule has 27 heavy (non-hydrogen) atoms. The lowest BCUT2D eigenvalue weighted by Gasteiger charge is -2.08. The molecule has 0 saturated carbocycles. The topological polar surface area (TPSA) is 78.0 Å². The van der Waals surface area contributed by atoms with Gasteiger partial charge in [0.15, 0.2) is 20.8 Å². The maximum absolute atomic E-state index is 12.6. The van der Waals surface area contributed by atoms with E-state index in [0.29, 0.717) is 28.3 Å². The van der Waals surface area contributed by atoms with Crippen LogP contribution in [0.3, 0.4) is 0 Å². The second-order valence-electron chi connectivity index (χ2n) is 5.42. The van der Waals surface area contributed by atoms with Crippen molar-refractivity contribution in [2.24, 2.45) is 0 Å². The van der Waals surface area contributed by atoms with E-state index in [1.54, 1.807) is 30.5 Å². The zero-order valence-electron chi connectivity index (χ0n) is 14.0. The molecular formula is C17H15Cl2N3O3S2. The number of rotatable bonds is 8. The Morgan fingerprint density at radius 1 is 1.26 bits per heavy atom. The van der Waals surface area contributed by atoms with Crippen LogP contribution in [0, 0.1) is 0 Å². The number of benzene rings is 1. The predicted molar refractivity (Wildman–Crippen MR) is 107 cm³/mol. The van der Waals surface area contributed by atoms with Crippen molar-refractivity contribution < 1.29 is 12.8 Å². The maximum Gasteiger partial charge on any atom is 0.200 e. The van der Waals surface area contributed by atoms with Gasteiger partial charge in [0, 0.05) is 17.3 Å². The minimum absolute atomic E-state index is 0.0288. The van der Waals surface area contributed by atoms with Crippen molar-refractivity contribution in [3.05, 3.63) is 59.3 Å². The van der Waals surface area contributed by atoms with Gasteiger partial charge in [-0.1, -0.05) is 41.0 Å². The Morgan fingerprint density at radius 3 is 2.78 bits per heavy atom. The van der Waals surface area contributed by atoms with Crippen LogP contribution in [0.5, 0.6) is 0 Å². The van der Waals surface area contributed by atoms with Gasteiger partial charge in [-0.05, 0) is 30.3 Å². The molecule has 0 aliphatic carbocycles. The molecule has 0 atom stereocenters. The highest BCUT2D eigenvalue weighted by atomic mass is 35.5. The highest BCUT2D eigenvalue weighted by Gasteiger charge is 2.20. The normalized spacial score (nSPS) is 11.6. The number of thioether (sulfide) groups is 1. The van der Waals surface area contributed by atoms with E-state index < -0.39 is 9.84 Å². The summed E-state index contributed by atoms with van der Waals surface area (Å²) < 4.78 is 32.3. The van der Waals surface area contributed by atoms with E-state index >= 15 is 0 Å². The standard InChI is InChI=1S/C17H15Cl2N3O3S2/c1-2-7-22-16(14-4-3-8-25-14)20-21-17(22)26-9-10-27(23,24)15-11-12(18)5-6-13(15)19/h2-6,8,11H,1,7,9-10H2. The first kappa shape index (κ1) is 20.0. The fourth-order valence-corrected chi connectivity index (χ4v) is 5.75. The Kier molecular flexibility index (Phi) is 6.31. The van der Waals surface area contributed by atoms with E-state index in [0.717, 1.165) is 0 Å². The van der Waals surface area contributed by atoms with Crippen molar-refractivity contribution in [3.8, 4) is 11.6 Å². The molecule has 142 valence electrons. The van der Waals surface area contributed by atoms with Crippen LogP contribution in [-0.4, -0.2) is 34.7 Å². The van der Waals surface area contributed by atoms with E-state index in [1.807, 2.05) is 4.57 Å². The average Bonchev–Trinajstić information content (AvgIpc) is 3.27. The molecule has 0 aliphatic heterocycles. The first-order valence-electron chi connectivity index (χ1n) is 7.81. The molecule has 3 rings (SSSR count). The summed E-state index contributed by atoms with van der Waals surface area (Å²) in [5.41, 5.74) is 0. The van der Waals surface area contributed by atoms with Gasteiger partial charge in [-0.15, -0.1) is 16.8 Å². The average molecular weight is 444 g/mol. The van der Waals surface area contributed by atoms with Crippen LogP contribution in [-0.2, 0) is 16.4 Å². The molecule has 6 nitrogen and oxygen atoms in total. The van der Waals surface area contributed by atoms with E-state index in [1.165, 1.54) is 23.9 Å². The molecule has 0 N–H and O–H groups in total. The van der Waals surface area contributed by atoms with Gasteiger partial charge < -0.3 is 4.42 Å². The van der Waals surface area contributed by atoms with Crippen LogP contribution in [0.25, 0.3) is 11.6 Å². The van der Waals surface area contributed by atoms with Gasteiger partial charge in [-0.3, -0.25) is 4.57 Å². The summed E-state index contributed by atoms with van der Waals surface area (Å²) in [5, 5.41) is 9.33. The molecule has 10 heteroatoms. The van der Waals surface area contributed by atoms with Gasteiger partial charge in [0.05, 0.1) is 21.9 Å². The monoisotopic (exact) mass is 443 g/mol. The number of nitrogens with zero attached hydrogens (tertiary/aromatic N) is 3. The highest BCUT2D eigenvalue weighted by molar-refractivity contribution is 8.00. The van der Waals surface area contributed by atoms with Crippen molar-refractivity contribution >= 4 is 44.8 Å². The lowest BCUT2D eigenvalue weighted by atomic mass is 10.4. The molecule has 0 unspecified atom stereocenters. The minimum atomic E-state index is -3.58. The van der Waals surface area contributed by atoms with Crippen LogP contribution in [0.1, 0.15) is 0 Å². The maximum atomic E-state index is 12.6. The molecule has 0 fully saturated rings. The SMILES string of the molecule is C=CCn1c(SCCS(=O)(=O)c2cc(Cl)ccc2Cl)nnc1-c1ccco1. The van der Waals surface area contributed by atoms with E-state index in [-0.39, 0.29) is 21.4 Å². The fourth-order valence-electron chi connectivity index (χ4n) is 2.35. The molecule has 0 saturated heterocycles. The summed E-state index contributed by atoms with van der Waals surface area (Å²) in [7, 11) is -3.58. The Hall–Kier alpha value is -1.74. The van der Waals surface area contributed by atoms with E-state index in [9.17, 15) is 8.42 Å². The molecule has 0 amide bonds. The first-order chi connectivity index (χ1) is 12.9. The van der Waals surface area contributed by atoms with Gasteiger partial charge in [-0.2, -0.15) is 0 Å². The Bertz CT molecular complexity index is 1050. The van der Waals surface area contributed by atoms with Crippen molar-refractivity contribution in [1.29, 1.82) is 0 Å². The smallest absolute Gasteiger partial charge is 0.200 e. The van der Waals surface area contributed by atoms with Crippen molar-refractivity contribution in [3.63, 3.8) is 0 Å². The largest absolute Gasteiger partial charge is 0.461 e. The lowest BCUT2D eigenvalue weighted by molar-refractivity contribution is 0.569. The third-order valence-corrected chi connectivity index (χ3v) is 7.23. The van der Waals surface area contributed by atoms with E-state index in [4.69, 9.17) is 27.6 Å². The quantitative estimate of drug-likeness (QED) is 0.373. The number of aromatic nitrogens is 3. The van der Waals surface area contributed by atoms with Crippen LogP contribution < -0.4 is 0 Å². The summed E-state index contributed by atoms with van der Waals surface area (Å²) in [6.07, 6.45) is 3.26. The van der Waals surface area contributed by atoms with Crippen molar-refractivity contribution in [2.75, 3.05) is 11.5 Å². The van der Waals surface area contributed by atoms with Crippen LogP contribution >= 0.6 is 35.0 Å². The molecule has 0 spiro atoms. The second-order valence-corrected chi connectivity index (χ2v) is 9.41. The summed E-state index contributed by atoms with van der Waals surface area (Å²) in [5.74, 6) is 1.30. The number of hydrogen-bond acceptors (Lipinski definition) is 6. The van der Waals surface area contributed by atoms with Gasteiger partial charge >= 0.3 is 0 Å². The molecule has 3 aromatic rings. The van der Waals surface area contributed by atoms with Crippen LogP contribution in [0.15, 0.2) is 63.7 Å². The summed E-state index contributed by atoms with van der Waals surface area (Å²) >= 11 is 13.2. The van der Waals surface area contributed by atoms with Gasteiger partial charge in [0.1, 0.15) is 0 Å². The number of hydrogen-bond donors (Lipinski definition) is 0. The van der Waals surface area contributed by atoms with Gasteiger partial charge in [0.25, 0.3) is 0 Å². The zero-order valence-corrected chi connectivity index (χ0v) is 17.2. The van der Waals surface area contributed by atoms with Crippen molar-refractivity contribution in [2.45, 2.75) is 16.6 Å². The number of furan rings is 1. The first-order valence-corrected chi connectivity index (χ1v) is 11.2. The summed E-state index contributed by atoms with van der Waals surface area (Å²) in [6.45, 7) is 4.21. The molecule has 0 bridgehead atoms. The third kappa shape index (κ3) is 4.57. The summed E-state index contributed by atoms with van der Waals surface area (Å²) in [4.78, 5) is 0.0288. The van der Waals surface area contributed by atoms with Gasteiger partial charge in [-0.25, -0.2) is 8.42 Å². The highest BCUT2D eigenvalue weighted by Crippen LogP contribution is 2.28. The number of halogens is 2.